The molecule has 31 heavy (non-hydrogen) atoms. The van der Waals surface area contributed by atoms with Gasteiger partial charge in [0.05, 0.1) is 16.0 Å². The Hall–Kier alpha value is -2.00. The number of nitrogens with one attached hydrogen (secondary N) is 1. The minimum Gasteiger partial charge on any atom is -0.354 e. The average Bonchev–Trinajstić information content (AvgIpc) is 2.76. The second-order valence-electron chi connectivity index (χ2n) is 7.89. The molecule has 3 rings (SSSR count). The first-order valence-electron chi connectivity index (χ1n) is 10.1. The number of carbonyl (C=O) groups is 1. The maximum Gasteiger partial charge on any atom is 0.243 e. The fourth-order valence-electron chi connectivity index (χ4n) is 3.76. The van der Waals surface area contributed by atoms with Crippen LogP contribution in [0.5, 0.6) is 0 Å². The number of benzene rings is 2. The summed E-state index contributed by atoms with van der Waals surface area (Å²) in [6, 6.07) is 13.4. The molecule has 0 radical (unpaired) electrons. The smallest absolute Gasteiger partial charge is 0.243 e. The largest absolute Gasteiger partial charge is 0.354 e. The van der Waals surface area contributed by atoms with Crippen LogP contribution in [0.3, 0.4) is 0 Å². The number of carbonyl (C=O) groups excluding carboxylic acids is 1. The number of likely N-dealkylation sites (N-methyl/N-ethyl adjacent to an activating group) is 1. The molecule has 0 bridgehead atoms. The third-order valence-electron chi connectivity index (χ3n) is 5.63. The average molecular weight is 468 g/mol. The summed E-state index contributed by atoms with van der Waals surface area (Å²) >= 11 is 5.74. The van der Waals surface area contributed by atoms with Gasteiger partial charge in [-0.1, -0.05) is 41.9 Å². The van der Waals surface area contributed by atoms with Crippen LogP contribution >= 0.6 is 11.6 Å². The molecule has 6 nitrogen and oxygen atoms in total. The van der Waals surface area contributed by atoms with Gasteiger partial charge in [0.25, 0.3) is 0 Å². The van der Waals surface area contributed by atoms with E-state index >= 15 is 0 Å². The number of sulfonamides is 1. The van der Waals surface area contributed by atoms with E-state index in [9.17, 15) is 17.6 Å². The van der Waals surface area contributed by atoms with Gasteiger partial charge >= 0.3 is 0 Å². The summed E-state index contributed by atoms with van der Waals surface area (Å²) in [5, 5.41) is 2.79. The summed E-state index contributed by atoms with van der Waals surface area (Å²) in [5.41, 5.74) is 1.12. The molecule has 1 atom stereocenters. The van der Waals surface area contributed by atoms with Crippen LogP contribution in [0.25, 0.3) is 0 Å². The van der Waals surface area contributed by atoms with E-state index in [1.165, 1.54) is 10.4 Å². The molecule has 1 aliphatic rings. The molecule has 1 heterocycles. The van der Waals surface area contributed by atoms with Gasteiger partial charge in [-0.2, -0.15) is 4.31 Å². The first-order chi connectivity index (χ1) is 14.7. The summed E-state index contributed by atoms with van der Waals surface area (Å²) in [7, 11) is 0.155. The van der Waals surface area contributed by atoms with Crippen molar-refractivity contribution in [3.05, 3.63) is 64.9 Å². The molecule has 0 aromatic heterocycles. The number of piperidine rings is 1. The van der Waals surface area contributed by atoms with E-state index in [-0.39, 0.29) is 40.9 Å². The number of halogens is 2. The quantitative estimate of drug-likeness (QED) is 0.678. The minimum absolute atomic E-state index is 0.0431. The zero-order chi connectivity index (χ0) is 22.6. The van der Waals surface area contributed by atoms with E-state index in [1.54, 1.807) is 0 Å². The standard InChI is InChI=1S/C22H27ClFN3O3S/c1-26(2)21(16-6-4-3-5-7-16)15-25-22(28)17-10-12-27(13-11-17)31(29,30)18-8-9-20(24)19(23)14-18/h3-9,14,17,21H,10-13,15H2,1-2H3,(H,25,28). The van der Waals surface area contributed by atoms with Gasteiger partial charge in [0, 0.05) is 25.6 Å². The zero-order valence-electron chi connectivity index (χ0n) is 17.6. The number of hydrogen-bond acceptors (Lipinski definition) is 4. The molecule has 1 saturated heterocycles. The highest BCUT2D eigenvalue weighted by Gasteiger charge is 2.32. The second-order valence-corrected chi connectivity index (χ2v) is 10.2. The molecule has 0 saturated carbocycles. The van der Waals surface area contributed by atoms with Gasteiger partial charge in [0.15, 0.2) is 0 Å². The van der Waals surface area contributed by atoms with Crippen molar-refractivity contribution < 1.29 is 17.6 Å². The molecule has 1 N–H and O–H groups in total. The van der Waals surface area contributed by atoms with Gasteiger partial charge in [0.1, 0.15) is 5.82 Å². The number of nitrogens with zero attached hydrogens (tertiary/aromatic N) is 2. The summed E-state index contributed by atoms with van der Waals surface area (Å²) in [6.07, 6.45) is 0.857. The summed E-state index contributed by atoms with van der Waals surface area (Å²) in [4.78, 5) is 14.7. The number of hydrogen-bond donors (Lipinski definition) is 1. The third-order valence-corrected chi connectivity index (χ3v) is 7.82. The molecule has 9 heteroatoms. The molecule has 0 spiro atoms. The van der Waals surface area contributed by atoms with Crippen LogP contribution in [0.4, 0.5) is 4.39 Å². The van der Waals surface area contributed by atoms with Crippen molar-refractivity contribution in [1.82, 2.24) is 14.5 Å². The first-order valence-corrected chi connectivity index (χ1v) is 12.0. The predicted octanol–water partition coefficient (Wildman–Crippen LogP) is 3.30. The molecule has 1 amide bonds. The van der Waals surface area contributed by atoms with E-state index < -0.39 is 15.8 Å². The van der Waals surface area contributed by atoms with Crippen LogP contribution in [-0.4, -0.2) is 57.3 Å². The van der Waals surface area contributed by atoms with Crippen molar-refractivity contribution in [3.63, 3.8) is 0 Å². The van der Waals surface area contributed by atoms with E-state index in [4.69, 9.17) is 11.6 Å². The minimum atomic E-state index is -3.78. The molecule has 168 valence electrons. The highest BCUT2D eigenvalue weighted by Crippen LogP contribution is 2.27. The number of amides is 1. The Balaban J connectivity index is 1.57. The maximum atomic E-state index is 13.4. The van der Waals surface area contributed by atoms with E-state index in [1.807, 2.05) is 44.4 Å². The molecule has 2 aromatic carbocycles. The van der Waals surface area contributed by atoms with Crippen molar-refractivity contribution in [3.8, 4) is 0 Å². The van der Waals surface area contributed by atoms with Crippen molar-refractivity contribution in [2.45, 2.75) is 23.8 Å². The highest BCUT2D eigenvalue weighted by atomic mass is 35.5. The van der Waals surface area contributed by atoms with Crippen molar-refractivity contribution in [2.24, 2.45) is 5.92 Å². The molecular weight excluding hydrogens is 441 g/mol. The SMILES string of the molecule is CN(C)C(CNC(=O)C1CCN(S(=O)(=O)c2ccc(F)c(Cl)c2)CC1)c1ccccc1. The van der Waals surface area contributed by atoms with Crippen LogP contribution < -0.4 is 5.32 Å². The Morgan fingerprint density at radius 1 is 1.19 bits per heavy atom. The van der Waals surface area contributed by atoms with Crippen LogP contribution in [0.1, 0.15) is 24.4 Å². The lowest BCUT2D eigenvalue weighted by molar-refractivity contribution is -0.126. The van der Waals surface area contributed by atoms with Gasteiger partial charge in [0.2, 0.25) is 15.9 Å². The van der Waals surface area contributed by atoms with Crippen molar-refractivity contribution >= 4 is 27.5 Å². The fraction of sp³-hybridized carbons (Fsp3) is 0.409. The second kappa shape index (κ2) is 10.1. The van der Waals surface area contributed by atoms with Gasteiger partial charge in [-0.05, 0) is 50.7 Å². The van der Waals surface area contributed by atoms with E-state index in [0.29, 0.717) is 19.4 Å². The Morgan fingerprint density at radius 2 is 1.84 bits per heavy atom. The normalized spacial score (nSPS) is 16.9. The van der Waals surface area contributed by atoms with Crippen LogP contribution in [0, 0.1) is 11.7 Å². The Kier molecular flexibility index (Phi) is 7.69. The molecule has 1 aliphatic heterocycles. The summed E-state index contributed by atoms with van der Waals surface area (Å²) < 4.78 is 40.3. The van der Waals surface area contributed by atoms with Crippen LogP contribution in [-0.2, 0) is 14.8 Å². The summed E-state index contributed by atoms with van der Waals surface area (Å²) in [6.45, 7) is 0.929. The predicted molar refractivity (Wildman–Crippen MR) is 119 cm³/mol. The van der Waals surface area contributed by atoms with Gasteiger partial charge in [-0.3, -0.25) is 4.79 Å². The lowest BCUT2D eigenvalue weighted by atomic mass is 9.97. The van der Waals surface area contributed by atoms with Crippen LogP contribution in [0.2, 0.25) is 5.02 Å². The van der Waals surface area contributed by atoms with Crippen molar-refractivity contribution in [1.29, 1.82) is 0 Å². The Morgan fingerprint density at radius 3 is 2.42 bits per heavy atom. The van der Waals surface area contributed by atoms with Crippen molar-refractivity contribution in [2.75, 3.05) is 33.7 Å². The molecule has 2 aromatic rings. The van der Waals surface area contributed by atoms with Gasteiger partial charge in [-0.25, -0.2) is 12.8 Å². The molecule has 1 fully saturated rings. The number of rotatable bonds is 7. The van der Waals surface area contributed by atoms with Gasteiger partial charge < -0.3 is 10.2 Å². The maximum absolute atomic E-state index is 13.4. The highest BCUT2D eigenvalue weighted by molar-refractivity contribution is 7.89. The third kappa shape index (κ3) is 5.63. The first kappa shape index (κ1) is 23.7. The Bertz CT molecular complexity index is 1010. The lowest BCUT2D eigenvalue weighted by Crippen LogP contribution is -2.44. The molecule has 1 unspecified atom stereocenters. The van der Waals surface area contributed by atoms with Gasteiger partial charge in [-0.15, -0.1) is 0 Å². The zero-order valence-corrected chi connectivity index (χ0v) is 19.2. The fourth-order valence-corrected chi connectivity index (χ4v) is 5.50. The van der Waals surface area contributed by atoms with E-state index in [0.717, 1.165) is 17.7 Å². The lowest BCUT2D eigenvalue weighted by Gasteiger charge is -2.31. The van der Waals surface area contributed by atoms with E-state index in [2.05, 4.69) is 10.2 Å². The summed E-state index contributed by atoms with van der Waals surface area (Å²) in [5.74, 6) is -0.978. The Labute approximate surface area is 188 Å². The topological polar surface area (TPSA) is 69.7 Å². The molecular formula is C22H27ClFN3O3S. The monoisotopic (exact) mass is 467 g/mol. The molecule has 0 aliphatic carbocycles. The van der Waals surface area contributed by atoms with Crippen LogP contribution in [0.15, 0.2) is 53.4 Å².